The van der Waals surface area contributed by atoms with E-state index in [1.165, 1.54) is 0 Å². The Labute approximate surface area is 190 Å². The number of hydrogen-bond donors (Lipinski definition) is 0. The maximum absolute atomic E-state index is 13.2. The van der Waals surface area contributed by atoms with Crippen LogP contribution >= 0.6 is 0 Å². The number of carbonyl (C=O) groups is 2. The third-order valence-corrected chi connectivity index (χ3v) is 6.57. The molecule has 2 fully saturated rings. The minimum absolute atomic E-state index is 0.0447. The highest BCUT2D eigenvalue weighted by Gasteiger charge is 2.35. The van der Waals surface area contributed by atoms with Crippen molar-refractivity contribution in [3.8, 4) is 0 Å². The van der Waals surface area contributed by atoms with Crippen LogP contribution in [0.3, 0.4) is 0 Å². The SMILES string of the molecule is CC(C)(C(=O)N1CCN(C(=O)c2cccc(CN3CCOCC3)c2)CC1)c1ccccc1. The molecule has 0 bridgehead atoms. The Bertz CT molecular complexity index is 930. The first kappa shape index (κ1) is 22.5. The van der Waals surface area contributed by atoms with Crippen molar-refractivity contribution in [3.05, 3.63) is 71.3 Å². The van der Waals surface area contributed by atoms with Crippen molar-refractivity contribution in [1.29, 1.82) is 0 Å². The van der Waals surface area contributed by atoms with E-state index in [1.807, 2.05) is 72.2 Å². The van der Waals surface area contributed by atoms with Crippen molar-refractivity contribution < 1.29 is 14.3 Å². The number of ether oxygens (including phenoxy) is 1. The van der Waals surface area contributed by atoms with Gasteiger partial charge < -0.3 is 14.5 Å². The Morgan fingerprint density at radius 3 is 2.19 bits per heavy atom. The predicted molar refractivity (Wildman–Crippen MR) is 124 cm³/mol. The zero-order valence-corrected chi connectivity index (χ0v) is 19.1. The van der Waals surface area contributed by atoms with Crippen molar-refractivity contribution in [2.24, 2.45) is 0 Å². The molecule has 0 saturated carbocycles. The molecule has 0 aliphatic carbocycles. The first-order chi connectivity index (χ1) is 15.4. The van der Waals surface area contributed by atoms with Crippen LogP contribution < -0.4 is 0 Å². The molecule has 0 aromatic heterocycles. The Hall–Kier alpha value is -2.70. The largest absolute Gasteiger partial charge is 0.379 e. The van der Waals surface area contributed by atoms with Gasteiger partial charge in [-0.1, -0.05) is 42.5 Å². The van der Waals surface area contributed by atoms with Gasteiger partial charge in [0.2, 0.25) is 5.91 Å². The second-order valence-electron chi connectivity index (χ2n) is 9.16. The van der Waals surface area contributed by atoms with E-state index in [4.69, 9.17) is 4.74 Å². The van der Waals surface area contributed by atoms with Gasteiger partial charge in [0.15, 0.2) is 0 Å². The molecule has 0 radical (unpaired) electrons. The maximum Gasteiger partial charge on any atom is 0.253 e. The molecule has 170 valence electrons. The fourth-order valence-corrected chi connectivity index (χ4v) is 4.49. The van der Waals surface area contributed by atoms with Crippen molar-refractivity contribution in [2.75, 3.05) is 52.5 Å². The summed E-state index contributed by atoms with van der Waals surface area (Å²) in [5.74, 6) is 0.159. The van der Waals surface area contributed by atoms with Crippen LogP contribution in [0.15, 0.2) is 54.6 Å². The number of piperazine rings is 1. The van der Waals surface area contributed by atoms with E-state index in [0.29, 0.717) is 26.2 Å². The summed E-state index contributed by atoms with van der Waals surface area (Å²) < 4.78 is 5.42. The van der Waals surface area contributed by atoms with Gasteiger partial charge in [-0.15, -0.1) is 0 Å². The molecular weight excluding hydrogens is 402 g/mol. The summed E-state index contributed by atoms with van der Waals surface area (Å²) in [4.78, 5) is 32.5. The molecule has 4 rings (SSSR count). The van der Waals surface area contributed by atoms with E-state index in [-0.39, 0.29) is 11.8 Å². The highest BCUT2D eigenvalue weighted by atomic mass is 16.5. The summed E-state index contributed by atoms with van der Waals surface area (Å²) in [5, 5.41) is 0. The van der Waals surface area contributed by atoms with E-state index >= 15 is 0 Å². The number of nitrogens with zero attached hydrogens (tertiary/aromatic N) is 3. The van der Waals surface area contributed by atoms with Crippen molar-refractivity contribution in [3.63, 3.8) is 0 Å². The van der Waals surface area contributed by atoms with E-state index < -0.39 is 5.41 Å². The van der Waals surface area contributed by atoms with Gasteiger partial charge >= 0.3 is 0 Å². The molecule has 6 heteroatoms. The Morgan fingerprint density at radius 1 is 0.844 bits per heavy atom. The fraction of sp³-hybridized carbons (Fsp3) is 0.462. The number of morpholine rings is 1. The van der Waals surface area contributed by atoms with Gasteiger partial charge in [0.05, 0.1) is 18.6 Å². The molecule has 2 saturated heterocycles. The smallest absolute Gasteiger partial charge is 0.253 e. The Kier molecular flexibility index (Phi) is 6.92. The van der Waals surface area contributed by atoms with Crippen LogP contribution in [0.25, 0.3) is 0 Å². The van der Waals surface area contributed by atoms with E-state index in [1.54, 1.807) is 0 Å². The van der Waals surface area contributed by atoms with Gasteiger partial charge in [0.25, 0.3) is 5.91 Å². The lowest BCUT2D eigenvalue weighted by Crippen LogP contribution is -2.54. The van der Waals surface area contributed by atoms with Crippen LogP contribution in [0, 0.1) is 0 Å². The Balaban J connectivity index is 1.35. The van der Waals surface area contributed by atoms with Crippen LogP contribution in [0.4, 0.5) is 0 Å². The predicted octanol–water partition coefficient (Wildman–Crippen LogP) is 2.78. The molecule has 0 unspecified atom stereocenters. The van der Waals surface area contributed by atoms with E-state index in [9.17, 15) is 9.59 Å². The number of carbonyl (C=O) groups excluding carboxylic acids is 2. The minimum Gasteiger partial charge on any atom is -0.379 e. The third-order valence-electron chi connectivity index (χ3n) is 6.57. The molecule has 0 N–H and O–H groups in total. The average molecular weight is 436 g/mol. The fourth-order valence-electron chi connectivity index (χ4n) is 4.49. The van der Waals surface area contributed by atoms with Crippen molar-refractivity contribution in [1.82, 2.24) is 14.7 Å². The summed E-state index contributed by atoms with van der Waals surface area (Å²) in [7, 11) is 0. The zero-order valence-electron chi connectivity index (χ0n) is 19.1. The van der Waals surface area contributed by atoms with E-state index in [0.717, 1.165) is 49.5 Å². The molecule has 32 heavy (non-hydrogen) atoms. The molecule has 2 aliphatic rings. The number of rotatable bonds is 5. The molecule has 2 amide bonds. The summed E-state index contributed by atoms with van der Waals surface area (Å²) in [5.41, 5.74) is 2.30. The topological polar surface area (TPSA) is 53.1 Å². The zero-order chi connectivity index (χ0) is 22.6. The highest BCUT2D eigenvalue weighted by Crippen LogP contribution is 2.26. The van der Waals surface area contributed by atoms with Crippen LogP contribution in [-0.4, -0.2) is 79.0 Å². The molecule has 2 aromatic carbocycles. The monoisotopic (exact) mass is 435 g/mol. The van der Waals surface area contributed by atoms with Crippen LogP contribution in [0.1, 0.15) is 35.3 Å². The normalized spacial score (nSPS) is 17.9. The first-order valence-corrected chi connectivity index (χ1v) is 11.5. The lowest BCUT2D eigenvalue weighted by molar-refractivity contribution is -0.137. The Morgan fingerprint density at radius 2 is 1.50 bits per heavy atom. The molecule has 2 aromatic rings. The lowest BCUT2D eigenvalue weighted by Gasteiger charge is -2.39. The van der Waals surface area contributed by atoms with Crippen LogP contribution in [0.2, 0.25) is 0 Å². The minimum atomic E-state index is -0.582. The highest BCUT2D eigenvalue weighted by molar-refractivity contribution is 5.94. The quantitative estimate of drug-likeness (QED) is 0.725. The standard InChI is InChI=1S/C26H33N3O3/c1-26(2,23-9-4-3-5-10-23)25(31)29-13-11-28(12-14-29)24(30)22-8-6-7-21(19-22)20-27-15-17-32-18-16-27/h3-10,19H,11-18,20H2,1-2H3. The summed E-state index contributed by atoms with van der Waals surface area (Å²) >= 11 is 0. The van der Waals surface area contributed by atoms with Crippen LogP contribution in [-0.2, 0) is 21.5 Å². The molecule has 2 heterocycles. The molecule has 6 nitrogen and oxygen atoms in total. The van der Waals surface area contributed by atoms with Gasteiger partial charge in [-0.3, -0.25) is 14.5 Å². The lowest BCUT2D eigenvalue weighted by atomic mass is 9.83. The number of hydrogen-bond acceptors (Lipinski definition) is 4. The van der Waals surface area contributed by atoms with Crippen molar-refractivity contribution >= 4 is 11.8 Å². The number of amides is 2. The molecular formula is C26H33N3O3. The van der Waals surface area contributed by atoms with Crippen LogP contribution in [0.5, 0.6) is 0 Å². The molecule has 2 aliphatic heterocycles. The summed E-state index contributed by atoms with van der Waals surface area (Å²) in [6.45, 7) is 10.4. The maximum atomic E-state index is 13.2. The third kappa shape index (κ3) is 5.03. The first-order valence-electron chi connectivity index (χ1n) is 11.5. The summed E-state index contributed by atoms with van der Waals surface area (Å²) in [6.07, 6.45) is 0. The summed E-state index contributed by atoms with van der Waals surface area (Å²) in [6, 6.07) is 17.8. The van der Waals surface area contributed by atoms with Gasteiger partial charge in [0.1, 0.15) is 0 Å². The average Bonchev–Trinajstić information content (AvgIpc) is 2.84. The molecule has 0 atom stereocenters. The van der Waals surface area contributed by atoms with Gasteiger partial charge in [-0.2, -0.15) is 0 Å². The van der Waals surface area contributed by atoms with Gasteiger partial charge in [-0.25, -0.2) is 0 Å². The van der Waals surface area contributed by atoms with Crippen molar-refractivity contribution in [2.45, 2.75) is 25.8 Å². The second-order valence-corrected chi connectivity index (χ2v) is 9.16. The second kappa shape index (κ2) is 9.84. The molecule has 0 spiro atoms. The van der Waals surface area contributed by atoms with Gasteiger partial charge in [-0.05, 0) is 37.1 Å². The van der Waals surface area contributed by atoms with Gasteiger partial charge in [0, 0.05) is 51.4 Å². The number of benzene rings is 2. The van der Waals surface area contributed by atoms with E-state index in [2.05, 4.69) is 11.0 Å².